The number of tetrazole rings is 1. The van der Waals surface area contributed by atoms with Gasteiger partial charge in [0, 0.05) is 19.6 Å². The molecule has 1 fully saturated rings. The van der Waals surface area contributed by atoms with Gasteiger partial charge in [0.15, 0.2) is 5.82 Å². The lowest BCUT2D eigenvalue weighted by molar-refractivity contribution is -0.122. The molecule has 0 radical (unpaired) electrons. The van der Waals surface area contributed by atoms with Crippen LogP contribution in [0.2, 0.25) is 0 Å². The predicted octanol–water partition coefficient (Wildman–Crippen LogP) is -0.0645. The lowest BCUT2D eigenvalue weighted by Gasteiger charge is -2.26. The summed E-state index contributed by atoms with van der Waals surface area (Å²) in [5, 5.41) is 14.7. The van der Waals surface area contributed by atoms with Crippen molar-refractivity contribution in [3.8, 4) is 0 Å². The average Bonchev–Trinajstić information content (AvgIpc) is 3.13. The molecule has 1 amide bonds. The normalized spacial score (nSPS) is 20.2. The van der Waals surface area contributed by atoms with Gasteiger partial charge in [-0.3, -0.25) is 9.69 Å². The summed E-state index contributed by atoms with van der Waals surface area (Å²) in [6, 6.07) is 8.22. The molecule has 1 aromatic carbocycles. The zero-order chi connectivity index (χ0) is 18.5. The topological polar surface area (TPSA) is 94.4 Å². The van der Waals surface area contributed by atoms with Crippen LogP contribution in [-0.4, -0.2) is 70.5 Å². The summed E-state index contributed by atoms with van der Waals surface area (Å²) >= 11 is 0. The molecule has 1 atom stereocenters. The number of aromatic nitrogens is 4. The molecule has 0 aliphatic carbocycles. The molecule has 0 spiro atoms. The molecule has 9 heteroatoms. The number of morpholine rings is 1. The van der Waals surface area contributed by atoms with Crippen molar-refractivity contribution in [2.45, 2.75) is 25.6 Å². The number of benzene rings is 1. The molecule has 9 nitrogen and oxygen atoms in total. The first-order valence-corrected chi connectivity index (χ1v) is 9.31. The fraction of sp³-hybridized carbons (Fsp3) is 0.556. The van der Waals surface area contributed by atoms with E-state index in [1.807, 2.05) is 12.1 Å². The molecule has 2 aliphatic heterocycles. The number of carbonyl (C=O) groups excluding carboxylic acids is 1. The van der Waals surface area contributed by atoms with E-state index in [-0.39, 0.29) is 18.6 Å². The monoisotopic (exact) mass is 372 g/mol. The molecular formula is C18H24N6O3. The largest absolute Gasteiger partial charge is 0.379 e. The molecule has 0 unspecified atom stereocenters. The van der Waals surface area contributed by atoms with Crippen molar-refractivity contribution in [1.29, 1.82) is 0 Å². The Balaban J connectivity index is 1.31. The number of ether oxygens (including phenoxy) is 2. The quantitative estimate of drug-likeness (QED) is 0.759. The fourth-order valence-corrected chi connectivity index (χ4v) is 3.46. The van der Waals surface area contributed by atoms with Gasteiger partial charge in [0.05, 0.1) is 26.4 Å². The standard InChI is InChI=1S/C18H24N6O3/c25-18(19-11-16-15-4-2-1-3-14(15)5-8-27-16)13-24-17(20-21-22-24)12-23-6-9-26-10-7-23/h1-4,16H,5-13H2,(H,19,25)/t16-/m1/s1. The van der Waals surface area contributed by atoms with Crippen LogP contribution < -0.4 is 5.32 Å². The second kappa shape index (κ2) is 8.55. The van der Waals surface area contributed by atoms with Crippen LogP contribution in [0.5, 0.6) is 0 Å². The Labute approximate surface area is 157 Å². The van der Waals surface area contributed by atoms with Crippen molar-refractivity contribution in [1.82, 2.24) is 30.4 Å². The minimum absolute atomic E-state index is 0.0983. The summed E-state index contributed by atoms with van der Waals surface area (Å²) in [5.41, 5.74) is 2.44. The number of nitrogens with zero attached hydrogens (tertiary/aromatic N) is 5. The van der Waals surface area contributed by atoms with Crippen LogP contribution in [0.4, 0.5) is 0 Å². The van der Waals surface area contributed by atoms with Crippen LogP contribution in [0.3, 0.4) is 0 Å². The molecular weight excluding hydrogens is 348 g/mol. The van der Waals surface area contributed by atoms with Gasteiger partial charge in [-0.25, -0.2) is 4.68 Å². The molecule has 1 saturated heterocycles. The molecule has 2 aromatic rings. The van der Waals surface area contributed by atoms with Gasteiger partial charge in [-0.15, -0.1) is 5.10 Å². The number of rotatable bonds is 6. The first kappa shape index (κ1) is 18.0. The number of hydrogen-bond acceptors (Lipinski definition) is 7. The summed E-state index contributed by atoms with van der Waals surface area (Å²) < 4.78 is 12.7. The second-order valence-electron chi connectivity index (χ2n) is 6.75. The number of hydrogen-bond donors (Lipinski definition) is 1. The minimum Gasteiger partial charge on any atom is -0.379 e. The average molecular weight is 372 g/mol. The highest BCUT2D eigenvalue weighted by Gasteiger charge is 2.21. The molecule has 144 valence electrons. The third-order valence-corrected chi connectivity index (χ3v) is 4.95. The lowest BCUT2D eigenvalue weighted by atomic mass is 9.97. The molecule has 1 N–H and O–H groups in total. The fourth-order valence-electron chi connectivity index (χ4n) is 3.46. The van der Waals surface area contributed by atoms with E-state index in [4.69, 9.17) is 9.47 Å². The third-order valence-electron chi connectivity index (χ3n) is 4.95. The van der Waals surface area contributed by atoms with Gasteiger partial charge in [0.1, 0.15) is 12.6 Å². The van der Waals surface area contributed by atoms with Gasteiger partial charge in [-0.2, -0.15) is 0 Å². The smallest absolute Gasteiger partial charge is 0.241 e. The van der Waals surface area contributed by atoms with E-state index < -0.39 is 0 Å². The van der Waals surface area contributed by atoms with Gasteiger partial charge in [0.25, 0.3) is 0 Å². The maximum Gasteiger partial charge on any atom is 0.241 e. The van der Waals surface area contributed by atoms with Crippen LogP contribution >= 0.6 is 0 Å². The maximum atomic E-state index is 12.4. The van der Waals surface area contributed by atoms with Crippen molar-refractivity contribution in [3.63, 3.8) is 0 Å². The van der Waals surface area contributed by atoms with Gasteiger partial charge in [-0.05, 0) is 28.0 Å². The molecule has 1 aromatic heterocycles. The van der Waals surface area contributed by atoms with Crippen LogP contribution in [0, 0.1) is 0 Å². The lowest BCUT2D eigenvalue weighted by Crippen LogP contribution is -2.37. The van der Waals surface area contributed by atoms with Gasteiger partial charge < -0.3 is 14.8 Å². The van der Waals surface area contributed by atoms with Crippen LogP contribution in [-0.2, 0) is 33.8 Å². The molecule has 27 heavy (non-hydrogen) atoms. The van der Waals surface area contributed by atoms with E-state index in [1.54, 1.807) is 4.68 Å². The summed E-state index contributed by atoms with van der Waals surface area (Å²) in [4.78, 5) is 14.6. The highest BCUT2D eigenvalue weighted by molar-refractivity contribution is 5.75. The molecule has 3 heterocycles. The van der Waals surface area contributed by atoms with Crippen LogP contribution in [0.25, 0.3) is 0 Å². The van der Waals surface area contributed by atoms with E-state index in [1.165, 1.54) is 5.56 Å². The second-order valence-corrected chi connectivity index (χ2v) is 6.75. The number of carbonyl (C=O) groups is 1. The summed E-state index contributed by atoms with van der Waals surface area (Å²) in [5.74, 6) is 0.559. The van der Waals surface area contributed by atoms with Crippen molar-refractivity contribution < 1.29 is 14.3 Å². The molecule has 2 aliphatic rings. The van der Waals surface area contributed by atoms with Gasteiger partial charge in [0.2, 0.25) is 5.91 Å². The van der Waals surface area contributed by atoms with Crippen LogP contribution in [0.1, 0.15) is 23.1 Å². The number of nitrogens with one attached hydrogen (secondary N) is 1. The molecule has 4 rings (SSSR count). The van der Waals surface area contributed by atoms with E-state index in [9.17, 15) is 4.79 Å². The third kappa shape index (κ3) is 4.49. The van der Waals surface area contributed by atoms with Crippen molar-refractivity contribution in [2.75, 3.05) is 39.5 Å². The highest BCUT2D eigenvalue weighted by Crippen LogP contribution is 2.26. The van der Waals surface area contributed by atoms with E-state index in [2.05, 4.69) is 37.9 Å². The Morgan fingerprint density at radius 1 is 1.22 bits per heavy atom. The highest BCUT2D eigenvalue weighted by atomic mass is 16.5. The Morgan fingerprint density at radius 2 is 2.07 bits per heavy atom. The number of amides is 1. The Bertz CT molecular complexity index is 774. The van der Waals surface area contributed by atoms with E-state index in [0.29, 0.717) is 38.7 Å². The SMILES string of the molecule is O=C(Cn1nnnc1CN1CCOCC1)NC[C@H]1OCCc2ccccc21. The Hall–Kier alpha value is -2.36. The van der Waals surface area contributed by atoms with Gasteiger partial charge in [-0.1, -0.05) is 24.3 Å². The van der Waals surface area contributed by atoms with Crippen molar-refractivity contribution >= 4 is 5.91 Å². The first-order chi connectivity index (χ1) is 13.3. The van der Waals surface area contributed by atoms with E-state index in [0.717, 1.165) is 25.1 Å². The minimum atomic E-state index is -0.128. The molecule has 0 saturated carbocycles. The van der Waals surface area contributed by atoms with Crippen molar-refractivity contribution in [3.05, 3.63) is 41.2 Å². The maximum absolute atomic E-state index is 12.4. The zero-order valence-electron chi connectivity index (χ0n) is 15.2. The predicted molar refractivity (Wildman–Crippen MR) is 95.8 cm³/mol. The Morgan fingerprint density at radius 3 is 2.96 bits per heavy atom. The summed E-state index contributed by atoms with van der Waals surface area (Å²) in [6.45, 7) is 4.94. The van der Waals surface area contributed by atoms with Crippen LogP contribution in [0.15, 0.2) is 24.3 Å². The summed E-state index contributed by atoms with van der Waals surface area (Å²) in [6.07, 6.45) is 0.802. The number of fused-ring (bicyclic) bond motifs is 1. The Kier molecular flexibility index (Phi) is 5.71. The summed E-state index contributed by atoms with van der Waals surface area (Å²) in [7, 11) is 0. The molecule has 0 bridgehead atoms. The van der Waals surface area contributed by atoms with Crippen molar-refractivity contribution in [2.24, 2.45) is 0 Å². The van der Waals surface area contributed by atoms with E-state index >= 15 is 0 Å². The van der Waals surface area contributed by atoms with Gasteiger partial charge >= 0.3 is 0 Å². The first-order valence-electron chi connectivity index (χ1n) is 9.31. The zero-order valence-corrected chi connectivity index (χ0v) is 15.2.